The molecule has 0 heterocycles. The van der Waals surface area contributed by atoms with E-state index in [2.05, 4.69) is 15.4 Å². The van der Waals surface area contributed by atoms with Crippen molar-refractivity contribution in [2.24, 2.45) is 0 Å². The third-order valence-electron chi connectivity index (χ3n) is 2.93. The predicted octanol–water partition coefficient (Wildman–Crippen LogP) is 1.22. The van der Waals surface area contributed by atoms with Crippen molar-refractivity contribution in [2.75, 3.05) is 31.2 Å². The predicted molar refractivity (Wildman–Crippen MR) is 71.7 cm³/mol. The summed E-state index contributed by atoms with van der Waals surface area (Å²) in [6, 6.07) is 5.79. The average Bonchev–Trinajstić information content (AvgIpc) is 3.19. The van der Waals surface area contributed by atoms with Crippen LogP contribution in [0, 0.1) is 0 Å². The number of benzene rings is 1. The minimum Gasteiger partial charge on any atom is -0.465 e. The van der Waals surface area contributed by atoms with Gasteiger partial charge in [0.1, 0.15) is 0 Å². The molecule has 0 atom stereocenters. The number of esters is 1. The Morgan fingerprint density at radius 3 is 2.89 bits per heavy atom. The van der Waals surface area contributed by atoms with Gasteiger partial charge in [0.2, 0.25) is 0 Å². The molecular weight excluding hydrogens is 230 g/mol. The minimum atomic E-state index is -0.353. The summed E-state index contributed by atoms with van der Waals surface area (Å²) in [5, 5.41) is 6.62. The second kappa shape index (κ2) is 5.73. The molecule has 2 rings (SSSR count). The van der Waals surface area contributed by atoms with Crippen LogP contribution in [0.15, 0.2) is 18.2 Å². The maximum atomic E-state index is 11.4. The van der Waals surface area contributed by atoms with Gasteiger partial charge >= 0.3 is 5.97 Å². The van der Waals surface area contributed by atoms with Crippen molar-refractivity contribution >= 4 is 17.3 Å². The molecule has 0 aromatic heterocycles. The molecule has 0 unspecified atom stereocenters. The van der Waals surface area contributed by atoms with E-state index in [4.69, 9.17) is 5.73 Å². The summed E-state index contributed by atoms with van der Waals surface area (Å²) in [7, 11) is 1.37. The number of methoxy groups -OCH3 is 1. The largest absolute Gasteiger partial charge is 0.465 e. The van der Waals surface area contributed by atoms with Gasteiger partial charge in [0.05, 0.1) is 24.0 Å². The van der Waals surface area contributed by atoms with Gasteiger partial charge in [0.25, 0.3) is 0 Å². The van der Waals surface area contributed by atoms with Gasteiger partial charge in [0, 0.05) is 19.1 Å². The van der Waals surface area contributed by atoms with Crippen molar-refractivity contribution in [1.29, 1.82) is 0 Å². The van der Waals surface area contributed by atoms with Crippen LogP contribution in [0.25, 0.3) is 0 Å². The lowest BCUT2D eigenvalue weighted by molar-refractivity contribution is 0.0601. The molecule has 1 aliphatic rings. The summed E-state index contributed by atoms with van der Waals surface area (Å²) in [5.41, 5.74) is 7.76. The second-order valence-electron chi connectivity index (χ2n) is 4.45. The first-order valence-electron chi connectivity index (χ1n) is 6.16. The molecule has 1 aromatic rings. The van der Waals surface area contributed by atoms with Crippen molar-refractivity contribution < 1.29 is 9.53 Å². The van der Waals surface area contributed by atoms with E-state index in [1.54, 1.807) is 18.2 Å². The highest BCUT2D eigenvalue weighted by Gasteiger charge is 2.19. The molecule has 0 amide bonds. The third kappa shape index (κ3) is 3.37. The van der Waals surface area contributed by atoms with E-state index < -0.39 is 0 Å². The number of nitrogen functional groups attached to an aromatic ring is 1. The van der Waals surface area contributed by atoms with E-state index >= 15 is 0 Å². The van der Waals surface area contributed by atoms with E-state index in [-0.39, 0.29) is 5.97 Å². The fraction of sp³-hybridized carbons (Fsp3) is 0.462. The quantitative estimate of drug-likeness (QED) is 0.401. The summed E-state index contributed by atoms with van der Waals surface area (Å²) < 4.78 is 4.68. The standard InChI is InChI=1S/C13H19N3O2/c1-18-13(17)9-2-5-11(14)12(8-9)16-7-6-15-10-3-4-10/h2,5,8,10,15-16H,3-4,6-7,14H2,1H3. The summed E-state index contributed by atoms with van der Waals surface area (Å²) in [6.07, 6.45) is 2.56. The number of rotatable bonds is 6. The zero-order chi connectivity index (χ0) is 13.0. The third-order valence-corrected chi connectivity index (χ3v) is 2.93. The highest BCUT2D eigenvalue weighted by atomic mass is 16.5. The summed E-state index contributed by atoms with van der Waals surface area (Å²) in [4.78, 5) is 11.4. The Morgan fingerprint density at radius 2 is 2.22 bits per heavy atom. The van der Waals surface area contributed by atoms with Crippen LogP contribution in [0.1, 0.15) is 23.2 Å². The Kier molecular flexibility index (Phi) is 4.04. The number of hydrogen-bond donors (Lipinski definition) is 3. The number of anilines is 2. The molecular formula is C13H19N3O2. The number of ether oxygens (including phenoxy) is 1. The smallest absolute Gasteiger partial charge is 0.337 e. The van der Waals surface area contributed by atoms with Crippen LogP contribution in [0.4, 0.5) is 11.4 Å². The van der Waals surface area contributed by atoms with E-state index in [0.29, 0.717) is 17.3 Å². The van der Waals surface area contributed by atoms with Crippen LogP contribution in [0.5, 0.6) is 0 Å². The molecule has 5 heteroatoms. The maximum absolute atomic E-state index is 11.4. The van der Waals surface area contributed by atoms with Gasteiger partial charge in [-0.05, 0) is 31.0 Å². The number of carbonyl (C=O) groups is 1. The molecule has 4 N–H and O–H groups in total. The van der Waals surface area contributed by atoms with Crippen molar-refractivity contribution in [2.45, 2.75) is 18.9 Å². The molecule has 1 saturated carbocycles. The highest BCUT2D eigenvalue weighted by molar-refractivity contribution is 5.91. The van der Waals surface area contributed by atoms with Crippen LogP contribution in [0.2, 0.25) is 0 Å². The summed E-state index contributed by atoms with van der Waals surface area (Å²) in [6.45, 7) is 1.68. The Balaban J connectivity index is 1.90. The molecule has 1 fully saturated rings. The molecule has 5 nitrogen and oxygen atoms in total. The number of nitrogens with two attached hydrogens (primary N) is 1. The van der Waals surface area contributed by atoms with E-state index in [1.165, 1.54) is 20.0 Å². The lowest BCUT2D eigenvalue weighted by Crippen LogP contribution is -2.24. The molecule has 0 radical (unpaired) electrons. The average molecular weight is 249 g/mol. The van der Waals surface area contributed by atoms with Crippen LogP contribution < -0.4 is 16.4 Å². The molecule has 1 aliphatic carbocycles. The first-order valence-corrected chi connectivity index (χ1v) is 6.16. The zero-order valence-electron chi connectivity index (χ0n) is 10.5. The molecule has 0 bridgehead atoms. The Morgan fingerprint density at radius 1 is 1.44 bits per heavy atom. The Bertz CT molecular complexity index is 430. The maximum Gasteiger partial charge on any atom is 0.337 e. The van der Waals surface area contributed by atoms with Gasteiger partial charge < -0.3 is 21.1 Å². The van der Waals surface area contributed by atoms with Crippen LogP contribution in [0.3, 0.4) is 0 Å². The zero-order valence-corrected chi connectivity index (χ0v) is 10.5. The Hall–Kier alpha value is -1.75. The van der Waals surface area contributed by atoms with Gasteiger partial charge in [-0.25, -0.2) is 4.79 Å². The number of carbonyl (C=O) groups excluding carboxylic acids is 1. The van der Waals surface area contributed by atoms with Gasteiger partial charge in [-0.3, -0.25) is 0 Å². The van der Waals surface area contributed by atoms with E-state index in [0.717, 1.165) is 18.8 Å². The lowest BCUT2D eigenvalue weighted by Gasteiger charge is -2.11. The molecule has 0 spiro atoms. The molecule has 0 saturated heterocycles. The first-order chi connectivity index (χ1) is 8.70. The minimum absolute atomic E-state index is 0.353. The normalized spacial score (nSPS) is 14.3. The van der Waals surface area contributed by atoms with E-state index in [9.17, 15) is 4.79 Å². The Labute approximate surface area is 107 Å². The fourth-order valence-corrected chi connectivity index (χ4v) is 1.72. The van der Waals surface area contributed by atoms with Crippen molar-refractivity contribution in [3.63, 3.8) is 0 Å². The van der Waals surface area contributed by atoms with Gasteiger partial charge in [-0.2, -0.15) is 0 Å². The second-order valence-corrected chi connectivity index (χ2v) is 4.45. The van der Waals surface area contributed by atoms with Crippen LogP contribution in [-0.2, 0) is 4.74 Å². The van der Waals surface area contributed by atoms with Crippen molar-refractivity contribution in [1.82, 2.24) is 5.32 Å². The monoisotopic (exact) mass is 249 g/mol. The van der Waals surface area contributed by atoms with Crippen molar-refractivity contribution in [3.05, 3.63) is 23.8 Å². The first kappa shape index (κ1) is 12.7. The SMILES string of the molecule is COC(=O)c1ccc(N)c(NCCNC2CC2)c1. The fourth-order valence-electron chi connectivity index (χ4n) is 1.72. The lowest BCUT2D eigenvalue weighted by atomic mass is 10.1. The van der Waals surface area contributed by atoms with Crippen LogP contribution >= 0.6 is 0 Å². The van der Waals surface area contributed by atoms with Gasteiger partial charge in [-0.15, -0.1) is 0 Å². The van der Waals surface area contributed by atoms with Crippen molar-refractivity contribution in [3.8, 4) is 0 Å². The molecule has 98 valence electrons. The van der Waals surface area contributed by atoms with Gasteiger partial charge in [-0.1, -0.05) is 0 Å². The van der Waals surface area contributed by atoms with E-state index in [1.807, 2.05) is 0 Å². The molecule has 1 aromatic carbocycles. The van der Waals surface area contributed by atoms with Crippen LogP contribution in [-0.4, -0.2) is 32.2 Å². The van der Waals surface area contributed by atoms with Gasteiger partial charge in [0.15, 0.2) is 0 Å². The summed E-state index contributed by atoms with van der Waals surface area (Å²) >= 11 is 0. The molecule has 0 aliphatic heterocycles. The number of nitrogens with one attached hydrogen (secondary N) is 2. The topological polar surface area (TPSA) is 76.4 Å². The summed E-state index contributed by atoms with van der Waals surface area (Å²) in [5.74, 6) is -0.353. The molecule has 18 heavy (non-hydrogen) atoms. The highest BCUT2D eigenvalue weighted by Crippen LogP contribution is 2.21. The number of hydrogen-bond acceptors (Lipinski definition) is 5.